The van der Waals surface area contributed by atoms with Crippen LogP contribution in [-0.4, -0.2) is 60.8 Å². The smallest absolute Gasteiger partial charge is 0.258 e. The van der Waals surface area contributed by atoms with Crippen molar-refractivity contribution in [1.29, 1.82) is 0 Å². The Bertz CT molecular complexity index is 721. The van der Waals surface area contributed by atoms with E-state index in [2.05, 4.69) is 29.0 Å². The molecule has 0 saturated carbocycles. The Kier molecular flexibility index (Phi) is 5.50. The van der Waals surface area contributed by atoms with E-state index in [0.29, 0.717) is 12.3 Å². The minimum atomic E-state index is -0.130. The van der Waals surface area contributed by atoms with Crippen LogP contribution in [0.2, 0.25) is 0 Å². The quantitative estimate of drug-likeness (QED) is 0.867. The van der Waals surface area contributed by atoms with Crippen LogP contribution >= 0.6 is 0 Å². The van der Waals surface area contributed by atoms with Gasteiger partial charge in [-0.05, 0) is 26.0 Å². The Labute approximate surface area is 148 Å². The van der Waals surface area contributed by atoms with Crippen molar-refractivity contribution in [3.8, 4) is 5.75 Å². The van der Waals surface area contributed by atoms with Crippen molar-refractivity contribution in [3.63, 3.8) is 0 Å². The Morgan fingerprint density at radius 3 is 2.84 bits per heavy atom. The molecule has 0 unspecified atom stereocenters. The zero-order chi connectivity index (χ0) is 17.7. The Morgan fingerprint density at radius 2 is 2.04 bits per heavy atom. The summed E-state index contributed by atoms with van der Waals surface area (Å²) >= 11 is 0. The van der Waals surface area contributed by atoms with Crippen LogP contribution in [0.1, 0.15) is 13.8 Å². The largest absolute Gasteiger partial charge is 0.481 e. The molecule has 2 aromatic rings. The Balaban J connectivity index is 1.52. The molecule has 1 aromatic heterocycles. The average Bonchev–Trinajstić information content (AvgIpc) is 2.65. The lowest BCUT2D eigenvalue weighted by Gasteiger charge is -2.40. The van der Waals surface area contributed by atoms with Crippen LogP contribution in [0.25, 0.3) is 10.9 Å². The molecule has 3 rings (SSSR count). The molecule has 6 nitrogen and oxygen atoms in total. The molecule has 1 aliphatic rings. The fraction of sp³-hybridized carbons (Fsp3) is 0.474. The zero-order valence-corrected chi connectivity index (χ0v) is 14.8. The molecule has 6 heteroatoms. The molecule has 0 radical (unpaired) electrons. The van der Waals surface area contributed by atoms with Crippen molar-refractivity contribution in [2.24, 2.45) is 0 Å². The van der Waals surface area contributed by atoms with Crippen molar-refractivity contribution in [3.05, 3.63) is 36.5 Å². The fourth-order valence-corrected chi connectivity index (χ4v) is 2.98. The number of para-hydroxylation sites is 1. The summed E-state index contributed by atoms with van der Waals surface area (Å²) in [6.07, 6.45) is 1.72. The van der Waals surface area contributed by atoms with Crippen LogP contribution in [0.5, 0.6) is 5.75 Å². The Morgan fingerprint density at radius 1 is 1.28 bits per heavy atom. The van der Waals surface area contributed by atoms with Crippen molar-refractivity contribution in [1.82, 2.24) is 15.2 Å². The number of nitrogens with one attached hydrogen (secondary N) is 1. The maximum absolute atomic E-state index is 12.2. The highest BCUT2D eigenvalue weighted by molar-refractivity contribution is 5.85. The van der Waals surface area contributed by atoms with Crippen LogP contribution in [-0.2, 0) is 9.53 Å². The number of pyridine rings is 1. The number of carbonyl (C=O) groups excluding carboxylic acids is 1. The van der Waals surface area contributed by atoms with Crippen LogP contribution in [0.4, 0.5) is 0 Å². The van der Waals surface area contributed by atoms with Crippen LogP contribution < -0.4 is 10.1 Å². The van der Waals surface area contributed by atoms with E-state index in [0.717, 1.165) is 37.2 Å². The number of rotatable bonds is 6. The van der Waals surface area contributed by atoms with Gasteiger partial charge in [0, 0.05) is 36.8 Å². The SMILES string of the molecule is CC(C)(CNC(=O)COc1cccc2cccnc12)N1CCOCC1. The van der Waals surface area contributed by atoms with Crippen LogP contribution in [0.3, 0.4) is 0 Å². The van der Waals surface area contributed by atoms with E-state index >= 15 is 0 Å². The molecule has 25 heavy (non-hydrogen) atoms. The summed E-state index contributed by atoms with van der Waals surface area (Å²) in [6, 6.07) is 9.56. The van der Waals surface area contributed by atoms with Crippen LogP contribution in [0.15, 0.2) is 36.5 Å². The number of ether oxygens (including phenoxy) is 2. The lowest BCUT2D eigenvalue weighted by molar-refractivity contribution is -0.123. The lowest BCUT2D eigenvalue weighted by atomic mass is 10.0. The number of morpholine rings is 1. The topological polar surface area (TPSA) is 63.7 Å². The molecule has 1 aromatic carbocycles. The van der Waals surface area contributed by atoms with Gasteiger partial charge < -0.3 is 14.8 Å². The number of carbonyl (C=O) groups is 1. The number of aromatic nitrogens is 1. The second kappa shape index (κ2) is 7.80. The number of benzene rings is 1. The predicted octanol–water partition coefficient (Wildman–Crippen LogP) is 1.84. The predicted molar refractivity (Wildman–Crippen MR) is 96.7 cm³/mol. The summed E-state index contributed by atoms with van der Waals surface area (Å²) in [6.45, 7) is 8.09. The van der Waals surface area contributed by atoms with E-state index in [1.165, 1.54) is 0 Å². The first kappa shape index (κ1) is 17.6. The monoisotopic (exact) mass is 343 g/mol. The van der Waals surface area contributed by atoms with Gasteiger partial charge in [0.1, 0.15) is 11.3 Å². The molecule has 0 bridgehead atoms. The molecule has 1 fully saturated rings. The minimum Gasteiger partial charge on any atom is -0.481 e. The molecule has 0 atom stereocenters. The van der Waals surface area contributed by atoms with E-state index in [-0.39, 0.29) is 18.1 Å². The van der Waals surface area contributed by atoms with Gasteiger partial charge in [0.15, 0.2) is 6.61 Å². The van der Waals surface area contributed by atoms with E-state index in [1.807, 2.05) is 30.3 Å². The van der Waals surface area contributed by atoms with Gasteiger partial charge in [-0.3, -0.25) is 14.7 Å². The lowest BCUT2D eigenvalue weighted by Crippen LogP contribution is -2.55. The maximum Gasteiger partial charge on any atom is 0.258 e. The fourth-order valence-electron chi connectivity index (χ4n) is 2.98. The van der Waals surface area contributed by atoms with Gasteiger partial charge in [0.25, 0.3) is 5.91 Å². The molecule has 0 aliphatic carbocycles. The molecule has 134 valence electrons. The molecule has 0 spiro atoms. The first-order valence-electron chi connectivity index (χ1n) is 8.62. The zero-order valence-electron chi connectivity index (χ0n) is 14.8. The average molecular weight is 343 g/mol. The van der Waals surface area contributed by atoms with E-state index in [4.69, 9.17) is 9.47 Å². The minimum absolute atomic E-state index is 0.0190. The Hall–Kier alpha value is -2.18. The summed E-state index contributed by atoms with van der Waals surface area (Å²) < 4.78 is 11.1. The first-order chi connectivity index (χ1) is 12.1. The number of hydrogen-bond acceptors (Lipinski definition) is 5. The van der Waals surface area contributed by atoms with Crippen LogP contribution in [0, 0.1) is 0 Å². The highest BCUT2D eigenvalue weighted by Gasteiger charge is 2.28. The number of fused-ring (bicyclic) bond motifs is 1. The molecular formula is C19H25N3O3. The van der Waals surface area contributed by atoms with Crippen molar-refractivity contribution < 1.29 is 14.3 Å². The number of amides is 1. The summed E-state index contributed by atoms with van der Waals surface area (Å²) in [5, 5.41) is 3.97. The third kappa shape index (κ3) is 4.46. The standard InChI is InChI=1S/C19H25N3O3/c1-19(2,22-9-11-24-12-10-22)14-21-17(23)13-25-16-7-3-5-15-6-4-8-20-18(15)16/h3-8H,9-14H2,1-2H3,(H,21,23). The summed E-state index contributed by atoms with van der Waals surface area (Å²) in [4.78, 5) is 18.9. The molecule has 1 N–H and O–H groups in total. The highest BCUT2D eigenvalue weighted by atomic mass is 16.5. The van der Waals surface area contributed by atoms with Gasteiger partial charge in [-0.25, -0.2) is 0 Å². The molecule has 2 heterocycles. The second-order valence-corrected chi connectivity index (χ2v) is 6.81. The summed E-state index contributed by atoms with van der Waals surface area (Å²) in [7, 11) is 0. The van der Waals surface area contributed by atoms with Crippen molar-refractivity contribution in [2.75, 3.05) is 39.5 Å². The molecule has 1 saturated heterocycles. The first-order valence-corrected chi connectivity index (χ1v) is 8.62. The summed E-state index contributed by atoms with van der Waals surface area (Å²) in [5.41, 5.74) is 0.659. The van der Waals surface area contributed by atoms with Crippen molar-refractivity contribution in [2.45, 2.75) is 19.4 Å². The van der Waals surface area contributed by atoms with Gasteiger partial charge in [0.05, 0.1) is 13.2 Å². The highest BCUT2D eigenvalue weighted by Crippen LogP contribution is 2.22. The number of nitrogens with zero attached hydrogens (tertiary/aromatic N) is 2. The van der Waals surface area contributed by atoms with Gasteiger partial charge in [-0.2, -0.15) is 0 Å². The maximum atomic E-state index is 12.2. The van der Waals surface area contributed by atoms with Crippen molar-refractivity contribution >= 4 is 16.8 Å². The second-order valence-electron chi connectivity index (χ2n) is 6.81. The van der Waals surface area contributed by atoms with Gasteiger partial charge in [0.2, 0.25) is 0 Å². The number of hydrogen-bond donors (Lipinski definition) is 1. The summed E-state index contributed by atoms with van der Waals surface area (Å²) in [5.74, 6) is 0.495. The molecular weight excluding hydrogens is 318 g/mol. The normalized spacial score (nSPS) is 15.9. The van der Waals surface area contributed by atoms with E-state index < -0.39 is 0 Å². The molecule has 1 amide bonds. The van der Waals surface area contributed by atoms with Gasteiger partial charge in [-0.15, -0.1) is 0 Å². The van der Waals surface area contributed by atoms with E-state index in [1.54, 1.807) is 6.20 Å². The third-order valence-corrected chi connectivity index (χ3v) is 4.54. The van der Waals surface area contributed by atoms with Gasteiger partial charge >= 0.3 is 0 Å². The molecule has 1 aliphatic heterocycles. The third-order valence-electron chi connectivity index (χ3n) is 4.54. The van der Waals surface area contributed by atoms with E-state index in [9.17, 15) is 4.79 Å². The van der Waals surface area contributed by atoms with Gasteiger partial charge in [-0.1, -0.05) is 18.2 Å².